The van der Waals surface area contributed by atoms with E-state index >= 15 is 0 Å². The van der Waals surface area contributed by atoms with Crippen molar-refractivity contribution in [3.63, 3.8) is 0 Å². The van der Waals surface area contributed by atoms with E-state index in [4.69, 9.17) is 32.7 Å². The van der Waals surface area contributed by atoms with Crippen LogP contribution in [0.3, 0.4) is 0 Å². The summed E-state index contributed by atoms with van der Waals surface area (Å²) in [6, 6.07) is 5.23. The van der Waals surface area contributed by atoms with Gasteiger partial charge in [-0.25, -0.2) is 9.97 Å². The summed E-state index contributed by atoms with van der Waals surface area (Å²) < 4.78 is 10.6. The number of carbonyl (C=O) groups excluding carboxylic acids is 1. The number of ether oxygens (including phenoxy) is 2. The highest BCUT2D eigenvalue weighted by Crippen LogP contribution is 2.38. The molecule has 146 valence electrons. The molecule has 0 spiro atoms. The van der Waals surface area contributed by atoms with Gasteiger partial charge in [-0.3, -0.25) is 4.79 Å². The fourth-order valence-corrected chi connectivity index (χ4v) is 2.74. The Morgan fingerprint density at radius 3 is 2.52 bits per heavy atom. The zero-order chi connectivity index (χ0) is 19.8. The number of hydrogen-bond acceptors (Lipinski definition) is 7. The van der Waals surface area contributed by atoms with Crippen LogP contribution < -0.4 is 15.4 Å². The van der Waals surface area contributed by atoms with Crippen molar-refractivity contribution in [1.29, 1.82) is 0 Å². The van der Waals surface area contributed by atoms with Gasteiger partial charge in [0.05, 0.1) is 23.1 Å². The van der Waals surface area contributed by atoms with Gasteiger partial charge in [-0.2, -0.15) is 0 Å². The lowest BCUT2D eigenvalue weighted by molar-refractivity contribution is -0.142. The fraction of sp³-hybridized carbons (Fsp3) is 0.389. The molecule has 0 bridgehead atoms. The smallest absolute Gasteiger partial charge is 0.307 e. The molecule has 1 heterocycles. The molecule has 0 unspecified atom stereocenters. The van der Waals surface area contributed by atoms with E-state index in [0.29, 0.717) is 46.3 Å². The molecule has 0 aliphatic carbocycles. The Morgan fingerprint density at radius 1 is 1.19 bits per heavy atom. The van der Waals surface area contributed by atoms with E-state index in [1.807, 2.05) is 13.8 Å². The monoisotopic (exact) mass is 412 g/mol. The molecular formula is C18H22Cl2N4O3. The van der Waals surface area contributed by atoms with Crippen LogP contribution >= 0.6 is 23.2 Å². The van der Waals surface area contributed by atoms with Crippen LogP contribution in [0.15, 0.2) is 24.5 Å². The summed E-state index contributed by atoms with van der Waals surface area (Å²) in [6.45, 7) is 6.54. The maximum atomic E-state index is 11.4. The van der Waals surface area contributed by atoms with Crippen molar-refractivity contribution in [3.05, 3.63) is 34.6 Å². The Hall–Kier alpha value is -2.25. The van der Waals surface area contributed by atoms with E-state index in [1.54, 1.807) is 25.1 Å². The van der Waals surface area contributed by atoms with Crippen molar-refractivity contribution in [2.75, 3.05) is 23.8 Å². The van der Waals surface area contributed by atoms with E-state index in [-0.39, 0.29) is 18.4 Å². The summed E-state index contributed by atoms with van der Waals surface area (Å²) in [5.41, 5.74) is 0.673. The Balaban J connectivity index is 2.05. The van der Waals surface area contributed by atoms with Gasteiger partial charge in [-0.15, -0.1) is 0 Å². The normalized spacial score (nSPS) is 10.6. The number of carbonyl (C=O) groups is 1. The lowest BCUT2D eigenvalue weighted by atomic mass is 10.3. The zero-order valence-electron chi connectivity index (χ0n) is 15.4. The molecule has 9 heteroatoms. The van der Waals surface area contributed by atoms with Crippen LogP contribution in [0.2, 0.25) is 10.0 Å². The average Bonchev–Trinajstić information content (AvgIpc) is 2.58. The second-order valence-corrected chi connectivity index (χ2v) is 6.71. The molecule has 0 saturated carbocycles. The molecule has 27 heavy (non-hydrogen) atoms. The first-order chi connectivity index (χ1) is 12.9. The van der Waals surface area contributed by atoms with Gasteiger partial charge >= 0.3 is 5.97 Å². The van der Waals surface area contributed by atoms with Gasteiger partial charge in [0, 0.05) is 24.3 Å². The van der Waals surface area contributed by atoms with Crippen LogP contribution in [-0.2, 0) is 9.53 Å². The third-order valence-corrected chi connectivity index (χ3v) is 3.81. The van der Waals surface area contributed by atoms with Gasteiger partial charge in [0.2, 0.25) is 5.88 Å². The molecule has 0 fully saturated rings. The highest BCUT2D eigenvalue weighted by molar-refractivity contribution is 6.37. The number of aromatic nitrogens is 2. The van der Waals surface area contributed by atoms with E-state index in [0.717, 1.165) is 0 Å². The first-order valence-corrected chi connectivity index (χ1v) is 9.29. The first kappa shape index (κ1) is 21.1. The van der Waals surface area contributed by atoms with Gasteiger partial charge < -0.3 is 20.1 Å². The first-order valence-electron chi connectivity index (χ1n) is 8.54. The standard InChI is InChI=1S/C18H22Cl2N4O3/c1-4-26-17(25)5-6-21-12-7-13(19)18(14(20)8-12)27-16-9-15(22-10-23-16)24-11(2)3/h7-11,21H,4-6H2,1-3H3,(H,22,23,24). The van der Waals surface area contributed by atoms with Crippen molar-refractivity contribution in [2.45, 2.75) is 33.2 Å². The number of hydrogen-bond donors (Lipinski definition) is 2. The lowest BCUT2D eigenvalue weighted by Crippen LogP contribution is -2.11. The Morgan fingerprint density at radius 2 is 1.89 bits per heavy atom. The van der Waals surface area contributed by atoms with E-state index in [1.165, 1.54) is 6.33 Å². The summed E-state index contributed by atoms with van der Waals surface area (Å²) >= 11 is 12.6. The van der Waals surface area contributed by atoms with Crippen LogP contribution in [0.1, 0.15) is 27.2 Å². The van der Waals surface area contributed by atoms with Crippen molar-refractivity contribution < 1.29 is 14.3 Å². The number of anilines is 2. The van der Waals surface area contributed by atoms with Crippen molar-refractivity contribution in [2.24, 2.45) is 0 Å². The molecule has 0 saturated heterocycles. The Labute approximate surface area is 168 Å². The second-order valence-electron chi connectivity index (χ2n) is 5.89. The van der Waals surface area contributed by atoms with Crippen LogP contribution in [0.4, 0.5) is 11.5 Å². The highest BCUT2D eigenvalue weighted by Gasteiger charge is 2.13. The minimum atomic E-state index is -0.267. The van der Waals surface area contributed by atoms with Crippen molar-refractivity contribution in [3.8, 4) is 11.6 Å². The number of esters is 1. The van der Waals surface area contributed by atoms with Crippen molar-refractivity contribution >= 4 is 40.7 Å². The van der Waals surface area contributed by atoms with Crippen molar-refractivity contribution in [1.82, 2.24) is 9.97 Å². The predicted molar refractivity (Wildman–Crippen MR) is 107 cm³/mol. The summed E-state index contributed by atoms with van der Waals surface area (Å²) in [7, 11) is 0. The summed E-state index contributed by atoms with van der Waals surface area (Å²) in [5, 5.41) is 6.88. The lowest BCUT2D eigenvalue weighted by Gasteiger charge is -2.13. The van der Waals surface area contributed by atoms with Gasteiger partial charge in [-0.1, -0.05) is 23.2 Å². The van der Waals surface area contributed by atoms with Gasteiger partial charge in [0.1, 0.15) is 12.1 Å². The van der Waals surface area contributed by atoms with Crippen LogP contribution in [0, 0.1) is 0 Å². The molecule has 1 aromatic carbocycles. The zero-order valence-corrected chi connectivity index (χ0v) is 16.9. The molecule has 0 aliphatic rings. The highest BCUT2D eigenvalue weighted by atomic mass is 35.5. The minimum Gasteiger partial charge on any atom is -0.466 e. The van der Waals surface area contributed by atoms with Gasteiger partial charge in [-0.05, 0) is 32.9 Å². The number of nitrogens with one attached hydrogen (secondary N) is 2. The maximum absolute atomic E-state index is 11.4. The largest absolute Gasteiger partial charge is 0.466 e. The molecule has 1 aromatic heterocycles. The van der Waals surface area contributed by atoms with Crippen LogP contribution in [-0.4, -0.2) is 35.1 Å². The van der Waals surface area contributed by atoms with E-state index in [2.05, 4.69) is 20.6 Å². The summed E-state index contributed by atoms with van der Waals surface area (Å²) in [6.07, 6.45) is 1.64. The molecule has 7 nitrogen and oxygen atoms in total. The predicted octanol–water partition coefficient (Wildman–Crippen LogP) is 4.76. The number of rotatable bonds is 9. The minimum absolute atomic E-state index is 0.222. The average molecular weight is 413 g/mol. The molecular weight excluding hydrogens is 391 g/mol. The summed E-state index contributed by atoms with van der Waals surface area (Å²) in [5.74, 6) is 0.986. The molecule has 0 radical (unpaired) electrons. The molecule has 2 aromatic rings. The molecule has 2 rings (SSSR count). The van der Waals surface area contributed by atoms with Crippen LogP contribution in [0.5, 0.6) is 11.6 Å². The Kier molecular flexibility index (Phi) is 7.94. The SMILES string of the molecule is CCOC(=O)CCNc1cc(Cl)c(Oc2cc(NC(C)C)ncn2)c(Cl)c1. The van der Waals surface area contributed by atoms with Gasteiger partial charge in [0.15, 0.2) is 5.75 Å². The number of halogens is 2. The quantitative estimate of drug-likeness (QED) is 0.573. The number of benzene rings is 1. The van der Waals surface area contributed by atoms with E-state index in [9.17, 15) is 4.79 Å². The molecule has 0 amide bonds. The second kappa shape index (κ2) is 10.2. The third-order valence-electron chi connectivity index (χ3n) is 3.25. The van der Waals surface area contributed by atoms with Gasteiger partial charge in [0.25, 0.3) is 0 Å². The van der Waals surface area contributed by atoms with Crippen LogP contribution in [0.25, 0.3) is 0 Å². The molecule has 0 atom stereocenters. The number of nitrogens with zero attached hydrogens (tertiary/aromatic N) is 2. The third kappa shape index (κ3) is 6.77. The summed E-state index contributed by atoms with van der Waals surface area (Å²) in [4.78, 5) is 19.6. The van der Waals surface area contributed by atoms with E-state index < -0.39 is 0 Å². The maximum Gasteiger partial charge on any atom is 0.307 e. The fourth-order valence-electron chi connectivity index (χ4n) is 2.18. The Bertz CT molecular complexity index is 764. The topological polar surface area (TPSA) is 85.4 Å². The molecule has 2 N–H and O–H groups in total. The molecule has 0 aliphatic heterocycles.